The van der Waals surface area contributed by atoms with Gasteiger partial charge in [-0.15, -0.1) is 11.6 Å². The van der Waals surface area contributed by atoms with Gasteiger partial charge in [-0.05, 0) is 42.4 Å². The molecule has 1 aliphatic heterocycles. The average Bonchev–Trinajstić information content (AvgIpc) is 2.38. The fourth-order valence-corrected chi connectivity index (χ4v) is 2.86. The van der Waals surface area contributed by atoms with Crippen molar-refractivity contribution in [2.75, 3.05) is 18.0 Å². The minimum Gasteiger partial charge on any atom is -0.369 e. The molecule has 1 nitrogen and oxygen atoms in total. The van der Waals surface area contributed by atoms with Crippen molar-refractivity contribution >= 4 is 17.3 Å². The topological polar surface area (TPSA) is 3.24 Å². The predicted octanol–water partition coefficient (Wildman–Crippen LogP) is 4.44. The molecule has 0 atom stereocenters. The molecule has 0 radical (unpaired) electrons. The van der Waals surface area contributed by atoms with Crippen molar-refractivity contribution in [3.63, 3.8) is 0 Å². The number of anilines is 1. The van der Waals surface area contributed by atoms with Crippen LogP contribution in [0.4, 0.5) is 10.1 Å². The van der Waals surface area contributed by atoms with Crippen molar-refractivity contribution in [1.82, 2.24) is 0 Å². The summed E-state index contributed by atoms with van der Waals surface area (Å²) in [6.45, 7) is 6.46. The fourth-order valence-electron chi connectivity index (χ4n) is 2.70. The Morgan fingerprint density at radius 3 is 2.50 bits per heavy atom. The molecule has 1 aromatic rings. The first-order chi connectivity index (χ1) is 8.61. The maximum atomic E-state index is 14.0. The van der Waals surface area contributed by atoms with E-state index in [0.29, 0.717) is 5.88 Å². The van der Waals surface area contributed by atoms with Gasteiger partial charge in [-0.3, -0.25) is 0 Å². The lowest BCUT2D eigenvalue weighted by Gasteiger charge is -2.35. The molecule has 0 unspecified atom stereocenters. The Hall–Kier alpha value is -0.760. The van der Waals surface area contributed by atoms with E-state index in [1.54, 1.807) is 6.07 Å². The van der Waals surface area contributed by atoms with Gasteiger partial charge < -0.3 is 4.90 Å². The highest BCUT2D eigenvalue weighted by Gasteiger charge is 2.23. The summed E-state index contributed by atoms with van der Waals surface area (Å²) in [5.74, 6) is 1.74. The van der Waals surface area contributed by atoms with E-state index < -0.39 is 0 Å². The lowest BCUT2D eigenvalue weighted by Crippen LogP contribution is -2.35. The van der Waals surface area contributed by atoms with E-state index in [1.807, 2.05) is 12.1 Å². The van der Waals surface area contributed by atoms with Gasteiger partial charge >= 0.3 is 0 Å². The van der Waals surface area contributed by atoms with Crippen molar-refractivity contribution < 1.29 is 4.39 Å². The first-order valence-electron chi connectivity index (χ1n) is 6.71. The van der Waals surface area contributed by atoms with Gasteiger partial charge in [-0.25, -0.2) is 4.39 Å². The fraction of sp³-hybridized carbons (Fsp3) is 0.600. The minimum absolute atomic E-state index is 0.142. The van der Waals surface area contributed by atoms with E-state index in [2.05, 4.69) is 18.7 Å². The Morgan fingerprint density at radius 2 is 2.00 bits per heavy atom. The molecule has 0 bridgehead atoms. The van der Waals surface area contributed by atoms with E-state index in [9.17, 15) is 4.39 Å². The summed E-state index contributed by atoms with van der Waals surface area (Å²) in [7, 11) is 0. The minimum atomic E-state index is -0.142. The standard InChI is InChI=1S/C15H21ClFN/c1-11(2)13-5-7-18(8-6-13)15-4-3-12(10-16)9-14(15)17/h3-4,9,11,13H,5-8,10H2,1-2H3. The molecule has 1 aromatic carbocycles. The quantitative estimate of drug-likeness (QED) is 0.734. The second-order valence-corrected chi connectivity index (χ2v) is 5.76. The van der Waals surface area contributed by atoms with Crippen LogP contribution in [0.15, 0.2) is 18.2 Å². The average molecular weight is 270 g/mol. The smallest absolute Gasteiger partial charge is 0.146 e. The van der Waals surface area contributed by atoms with E-state index in [1.165, 1.54) is 0 Å². The molecule has 0 amide bonds. The molecule has 100 valence electrons. The van der Waals surface area contributed by atoms with Gasteiger partial charge in [0.15, 0.2) is 0 Å². The molecule has 1 aliphatic rings. The van der Waals surface area contributed by atoms with Gasteiger partial charge in [0.25, 0.3) is 0 Å². The molecule has 18 heavy (non-hydrogen) atoms. The highest BCUT2D eigenvalue weighted by Crippen LogP contribution is 2.29. The van der Waals surface area contributed by atoms with Crippen LogP contribution in [-0.4, -0.2) is 13.1 Å². The third-order valence-electron chi connectivity index (χ3n) is 3.99. The zero-order valence-corrected chi connectivity index (χ0v) is 11.9. The number of piperidine rings is 1. The number of nitrogens with zero attached hydrogens (tertiary/aromatic N) is 1. The summed E-state index contributed by atoms with van der Waals surface area (Å²) in [6, 6.07) is 5.33. The number of hydrogen-bond acceptors (Lipinski definition) is 1. The first-order valence-corrected chi connectivity index (χ1v) is 7.24. The zero-order chi connectivity index (χ0) is 13.1. The molecule has 0 N–H and O–H groups in total. The molecule has 1 heterocycles. The van der Waals surface area contributed by atoms with Crippen LogP contribution in [0.2, 0.25) is 0 Å². The summed E-state index contributed by atoms with van der Waals surface area (Å²) in [5, 5.41) is 0. The number of hydrogen-bond donors (Lipinski definition) is 0. The lowest BCUT2D eigenvalue weighted by atomic mass is 9.86. The zero-order valence-electron chi connectivity index (χ0n) is 11.1. The lowest BCUT2D eigenvalue weighted by molar-refractivity contribution is 0.310. The van der Waals surface area contributed by atoms with Crippen LogP contribution in [0.25, 0.3) is 0 Å². The summed E-state index contributed by atoms with van der Waals surface area (Å²) in [4.78, 5) is 2.16. The Bertz CT molecular complexity index is 397. The van der Waals surface area contributed by atoms with Crippen LogP contribution >= 0.6 is 11.6 Å². The van der Waals surface area contributed by atoms with E-state index in [-0.39, 0.29) is 5.82 Å². The Balaban J connectivity index is 2.05. The van der Waals surface area contributed by atoms with Gasteiger partial charge in [-0.2, -0.15) is 0 Å². The van der Waals surface area contributed by atoms with Crippen molar-refractivity contribution in [2.45, 2.75) is 32.6 Å². The largest absolute Gasteiger partial charge is 0.369 e. The van der Waals surface area contributed by atoms with Crippen LogP contribution in [-0.2, 0) is 5.88 Å². The summed E-state index contributed by atoms with van der Waals surface area (Å²) < 4.78 is 14.0. The van der Waals surface area contributed by atoms with Gasteiger partial charge in [-0.1, -0.05) is 19.9 Å². The highest BCUT2D eigenvalue weighted by molar-refractivity contribution is 6.17. The monoisotopic (exact) mass is 269 g/mol. The summed E-state index contributed by atoms with van der Waals surface area (Å²) >= 11 is 5.71. The Kier molecular flexibility index (Phi) is 4.50. The predicted molar refractivity (Wildman–Crippen MR) is 75.7 cm³/mol. The molecular formula is C15H21ClFN. The van der Waals surface area contributed by atoms with E-state index in [0.717, 1.165) is 49.0 Å². The molecule has 2 rings (SSSR count). The van der Waals surface area contributed by atoms with Gasteiger partial charge in [0.05, 0.1) is 5.69 Å². The Morgan fingerprint density at radius 1 is 1.33 bits per heavy atom. The maximum absolute atomic E-state index is 14.0. The number of halogens is 2. The van der Waals surface area contributed by atoms with Crippen LogP contribution in [0.3, 0.4) is 0 Å². The molecule has 0 aromatic heterocycles. The van der Waals surface area contributed by atoms with Crippen molar-refractivity contribution in [3.05, 3.63) is 29.6 Å². The number of benzene rings is 1. The molecule has 0 spiro atoms. The normalized spacial score (nSPS) is 17.5. The molecule has 0 aliphatic carbocycles. The number of rotatable bonds is 3. The molecule has 0 saturated carbocycles. The maximum Gasteiger partial charge on any atom is 0.146 e. The van der Waals surface area contributed by atoms with Crippen LogP contribution in [0, 0.1) is 17.7 Å². The first kappa shape index (κ1) is 13.7. The second-order valence-electron chi connectivity index (χ2n) is 5.49. The summed E-state index contributed by atoms with van der Waals surface area (Å²) in [5.41, 5.74) is 1.57. The Labute approximate surface area is 114 Å². The molecule has 1 fully saturated rings. The van der Waals surface area contributed by atoms with Crippen LogP contribution < -0.4 is 4.90 Å². The van der Waals surface area contributed by atoms with Crippen molar-refractivity contribution in [1.29, 1.82) is 0 Å². The van der Waals surface area contributed by atoms with E-state index in [4.69, 9.17) is 11.6 Å². The molecule has 1 saturated heterocycles. The van der Waals surface area contributed by atoms with Crippen molar-refractivity contribution in [2.24, 2.45) is 11.8 Å². The molecule has 3 heteroatoms. The second kappa shape index (κ2) is 5.92. The molecular weight excluding hydrogens is 249 g/mol. The van der Waals surface area contributed by atoms with Crippen molar-refractivity contribution in [3.8, 4) is 0 Å². The van der Waals surface area contributed by atoms with E-state index >= 15 is 0 Å². The van der Waals surface area contributed by atoms with Crippen LogP contribution in [0.5, 0.6) is 0 Å². The van der Waals surface area contributed by atoms with Gasteiger partial charge in [0, 0.05) is 19.0 Å². The summed E-state index contributed by atoms with van der Waals surface area (Å²) in [6.07, 6.45) is 2.32. The SMILES string of the molecule is CC(C)C1CCN(c2ccc(CCl)cc2F)CC1. The van der Waals surface area contributed by atoms with Gasteiger partial charge in [0.1, 0.15) is 5.82 Å². The third-order valence-corrected chi connectivity index (χ3v) is 4.30. The third kappa shape index (κ3) is 2.97. The number of alkyl halides is 1. The van der Waals surface area contributed by atoms with Gasteiger partial charge in [0.2, 0.25) is 0 Å². The van der Waals surface area contributed by atoms with Crippen LogP contribution in [0.1, 0.15) is 32.3 Å². The highest BCUT2D eigenvalue weighted by atomic mass is 35.5.